The van der Waals surface area contributed by atoms with E-state index in [0.717, 1.165) is 5.54 Å². The van der Waals surface area contributed by atoms with Crippen molar-refractivity contribution >= 4 is 35.4 Å². The average molecular weight is 560 g/mol. The summed E-state index contributed by atoms with van der Waals surface area (Å²) in [6.07, 6.45) is 0. The van der Waals surface area contributed by atoms with E-state index in [4.69, 9.17) is 0 Å². The van der Waals surface area contributed by atoms with Gasteiger partial charge in [-0.3, -0.25) is 0 Å². The first kappa shape index (κ1) is 26.4. The third-order valence-corrected chi connectivity index (χ3v) is 11.7. The molecule has 3 heterocycles. The zero-order valence-corrected chi connectivity index (χ0v) is 24.0. The second kappa shape index (κ2) is 9.98. The van der Waals surface area contributed by atoms with Crippen molar-refractivity contribution in [3.63, 3.8) is 0 Å². The Bertz CT molecular complexity index is 1220. The van der Waals surface area contributed by atoms with Crippen molar-refractivity contribution in [3.05, 3.63) is 93.7 Å². The predicted octanol–water partition coefficient (Wildman–Crippen LogP) is 1.96. The Hall–Kier alpha value is -0.830. The molecule has 2 bridgehead atoms. The minimum atomic E-state index is -0.972. The zero-order chi connectivity index (χ0) is 19.5. The molecular formula is C26H25Cl2SSiZr. The molecule has 1 radical (unpaired) electrons. The summed E-state index contributed by atoms with van der Waals surface area (Å²) in [6, 6.07) is 23.9. The minimum absolute atomic E-state index is 0. The number of hydrogen-bond acceptors (Lipinski definition) is 1. The van der Waals surface area contributed by atoms with Gasteiger partial charge in [-0.2, -0.15) is 6.07 Å². The quantitative estimate of drug-likeness (QED) is 0.247. The summed E-state index contributed by atoms with van der Waals surface area (Å²) >= 11 is 1.94. The van der Waals surface area contributed by atoms with Crippen LogP contribution in [0.15, 0.2) is 77.7 Å². The van der Waals surface area contributed by atoms with Crippen LogP contribution in [0.4, 0.5) is 0 Å². The minimum Gasteiger partial charge on any atom is -1.00 e. The van der Waals surface area contributed by atoms with Gasteiger partial charge in [-0.1, -0.05) is 67.6 Å². The van der Waals surface area contributed by atoms with E-state index in [2.05, 4.69) is 99.1 Å². The summed E-state index contributed by atoms with van der Waals surface area (Å²) in [4.78, 5) is 1.63. The summed E-state index contributed by atoms with van der Waals surface area (Å²) in [5.74, 6) is 0. The predicted molar refractivity (Wildman–Crippen MR) is 127 cm³/mol. The number of aryl methyl sites for hydroxylation is 1. The molecule has 0 nitrogen and oxygen atoms in total. The molecule has 31 heavy (non-hydrogen) atoms. The molecule has 7 rings (SSSR count). The molecule has 2 aliphatic heterocycles. The molecule has 157 valence electrons. The fourth-order valence-electron chi connectivity index (χ4n) is 5.36. The normalized spacial score (nSPS) is 16.7. The Morgan fingerprint density at radius 3 is 2.26 bits per heavy atom. The summed E-state index contributed by atoms with van der Waals surface area (Å²) in [6.45, 7) is 9.49. The number of halogens is 2. The van der Waals surface area contributed by atoms with Gasteiger partial charge >= 0.3 is 26.2 Å². The largest absolute Gasteiger partial charge is 3.00 e. The van der Waals surface area contributed by atoms with E-state index in [1.807, 2.05) is 11.3 Å². The van der Waals surface area contributed by atoms with Crippen molar-refractivity contribution in [1.29, 1.82) is 0 Å². The number of thiophene rings is 1. The van der Waals surface area contributed by atoms with Gasteiger partial charge in [0.2, 0.25) is 0 Å². The summed E-state index contributed by atoms with van der Waals surface area (Å²) < 4.78 is 0. The number of fused-ring (bicyclic) bond motifs is 1. The molecule has 3 aliphatic rings. The van der Waals surface area contributed by atoms with Crippen molar-refractivity contribution in [1.82, 2.24) is 0 Å². The van der Waals surface area contributed by atoms with Crippen LogP contribution in [0.25, 0.3) is 27.1 Å². The number of hydrogen-bond donors (Lipinski definition) is 0. The van der Waals surface area contributed by atoms with E-state index >= 15 is 0 Å². The van der Waals surface area contributed by atoms with Gasteiger partial charge in [-0.15, -0.1) is 45.9 Å². The van der Waals surface area contributed by atoms with Gasteiger partial charge in [-0.05, 0) is 34.7 Å². The van der Waals surface area contributed by atoms with Crippen molar-refractivity contribution in [2.45, 2.75) is 32.5 Å². The number of rotatable bonds is 1. The van der Waals surface area contributed by atoms with E-state index in [9.17, 15) is 0 Å². The molecule has 1 aromatic heterocycles. The van der Waals surface area contributed by atoms with Gasteiger partial charge in [0.1, 0.15) is 0 Å². The van der Waals surface area contributed by atoms with Gasteiger partial charge in [0.15, 0.2) is 0 Å². The second-order valence-electron chi connectivity index (χ2n) is 8.62. The molecular weight excluding hydrogens is 535 g/mol. The molecule has 0 spiro atoms. The van der Waals surface area contributed by atoms with E-state index < -0.39 is 8.07 Å². The standard InChI is InChI=1S/C16H13.C10H12SSi.2ClH.Zr/c1-12-10-14-8-5-9-15(16(14)11-12)13-6-3-2-4-7-13;1-6-9-7-4-5-11-8(7)10(6)12(9,2)3;;;/h2-11H,1H3;4-5,9H,1-3H3;2*1H;/q-1;;;;+3/p-2. The van der Waals surface area contributed by atoms with Crippen LogP contribution in [0.1, 0.15) is 28.5 Å². The molecule has 1 atom stereocenters. The Morgan fingerprint density at radius 1 is 0.903 bits per heavy atom. The summed E-state index contributed by atoms with van der Waals surface area (Å²) in [5, 5.41) is 6.70. The molecule has 1 aliphatic carbocycles. The maximum absolute atomic E-state index is 2.51. The zero-order valence-electron chi connectivity index (χ0n) is 18.2. The topological polar surface area (TPSA) is 0 Å². The first-order valence-corrected chi connectivity index (χ1v) is 13.9. The first-order chi connectivity index (χ1) is 13.5. The van der Waals surface area contributed by atoms with Crippen LogP contribution in [-0.4, -0.2) is 8.07 Å². The smallest absolute Gasteiger partial charge is 1.00 e. The summed E-state index contributed by atoms with van der Waals surface area (Å²) in [5.41, 5.74) is 8.18. The third-order valence-electron chi connectivity index (χ3n) is 6.41. The molecule has 4 aromatic rings. The molecule has 0 fully saturated rings. The second-order valence-corrected chi connectivity index (χ2v) is 14.1. The van der Waals surface area contributed by atoms with Crippen molar-refractivity contribution in [2.24, 2.45) is 0 Å². The molecule has 5 heteroatoms. The Labute approximate surface area is 222 Å². The van der Waals surface area contributed by atoms with Crippen LogP contribution in [0.5, 0.6) is 0 Å². The Balaban J connectivity index is 0.000000207. The van der Waals surface area contributed by atoms with Gasteiger partial charge in [0.05, 0.1) is 8.07 Å². The summed E-state index contributed by atoms with van der Waals surface area (Å²) in [7, 11) is -0.972. The van der Waals surface area contributed by atoms with Gasteiger partial charge in [0.25, 0.3) is 0 Å². The number of benzene rings is 2. The third kappa shape index (κ3) is 4.25. The van der Waals surface area contributed by atoms with Crippen LogP contribution in [-0.2, 0) is 26.2 Å². The van der Waals surface area contributed by atoms with Crippen molar-refractivity contribution in [2.75, 3.05) is 0 Å². The van der Waals surface area contributed by atoms with Crippen molar-refractivity contribution < 1.29 is 51.0 Å². The average Bonchev–Trinajstić information content (AvgIpc) is 3.38. The Morgan fingerprint density at radius 2 is 1.61 bits per heavy atom. The fraction of sp³-hybridized carbons (Fsp3) is 0.192. The van der Waals surface area contributed by atoms with Gasteiger partial charge in [0, 0.05) is 10.4 Å². The Kier molecular flexibility index (Phi) is 8.50. The molecule has 1 unspecified atom stereocenters. The monoisotopic (exact) mass is 557 g/mol. The fourth-order valence-corrected chi connectivity index (χ4v) is 11.6. The molecule has 3 aromatic carbocycles. The maximum atomic E-state index is 2.51. The molecule has 0 amide bonds. The molecule has 0 saturated carbocycles. The van der Waals surface area contributed by atoms with Gasteiger partial charge in [-0.25, -0.2) is 0 Å². The van der Waals surface area contributed by atoms with Crippen LogP contribution >= 0.6 is 11.3 Å². The van der Waals surface area contributed by atoms with Crippen LogP contribution < -0.4 is 24.8 Å². The first-order valence-electron chi connectivity index (χ1n) is 9.99. The van der Waals surface area contributed by atoms with E-state index in [1.165, 1.54) is 27.5 Å². The van der Waals surface area contributed by atoms with Crippen LogP contribution in [0, 0.1) is 6.92 Å². The van der Waals surface area contributed by atoms with E-state index in [0.29, 0.717) is 0 Å². The van der Waals surface area contributed by atoms with Gasteiger partial charge < -0.3 is 24.8 Å². The van der Waals surface area contributed by atoms with Crippen LogP contribution in [0.2, 0.25) is 13.1 Å². The number of allylic oxidation sites excluding steroid dienone is 1. The molecule has 0 saturated heterocycles. The van der Waals surface area contributed by atoms with E-state index in [-0.39, 0.29) is 51.0 Å². The SMILES string of the molecule is CC1=C2c3sccc3C1[Si]2(C)C.Cc1cc2c(-c3ccccc3)cccc2[cH-]1.[Cl-].[Cl-].[Zr+3]. The van der Waals surface area contributed by atoms with E-state index in [1.54, 1.807) is 21.2 Å². The molecule has 0 N–H and O–H groups in total. The van der Waals surface area contributed by atoms with Crippen molar-refractivity contribution in [3.8, 4) is 11.1 Å². The van der Waals surface area contributed by atoms with Crippen LogP contribution in [0.3, 0.4) is 0 Å². The maximum Gasteiger partial charge on any atom is 3.00 e.